The fourth-order valence-electron chi connectivity index (χ4n) is 2.62. The van der Waals surface area contributed by atoms with Crippen molar-refractivity contribution in [3.63, 3.8) is 0 Å². The Balaban J connectivity index is 1.97. The van der Waals surface area contributed by atoms with Gasteiger partial charge < -0.3 is 11.1 Å². The number of amides is 1. The summed E-state index contributed by atoms with van der Waals surface area (Å²) < 4.78 is 0. The van der Waals surface area contributed by atoms with Crippen LogP contribution in [0.1, 0.15) is 42.8 Å². The minimum Gasteiger partial charge on any atom is -0.397 e. The Labute approximate surface area is 106 Å². The molecule has 3 N–H and O–H groups in total. The summed E-state index contributed by atoms with van der Waals surface area (Å²) in [7, 11) is 0. The molecule has 2 rings (SSSR count). The molecule has 3 atom stereocenters. The predicted molar refractivity (Wildman–Crippen MR) is 72.2 cm³/mol. The van der Waals surface area contributed by atoms with Gasteiger partial charge in [0.15, 0.2) is 0 Å². The maximum atomic E-state index is 12.0. The van der Waals surface area contributed by atoms with Crippen molar-refractivity contribution < 1.29 is 4.79 Å². The van der Waals surface area contributed by atoms with Gasteiger partial charge in [0.1, 0.15) is 4.88 Å². The van der Waals surface area contributed by atoms with E-state index >= 15 is 0 Å². The zero-order valence-electron chi connectivity index (χ0n) is 10.4. The van der Waals surface area contributed by atoms with E-state index in [9.17, 15) is 4.79 Å². The summed E-state index contributed by atoms with van der Waals surface area (Å²) in [5.74, 6) is 1.33. The number of hydrogen-bond acceptors (Lipinski definition) is 3. The van der Waals surface area contributed by atoms with Crippen molar-refractivity contribution in [3.8, 4) is 0 Å². The number of carbonyl (C=O) groups is 1. The van der Waals surface area contributed by atoms with Gasteiger partial charge in [0, 0.05) is 6.04 Å². The summed E-state index contributed by atoms with van der Waals surface area (Å²) in [6.07, 6.45) is 3.49. The number of hydrogen-bond donors (Lipinski definition) is 2. The van der Waals surface area contributed by atoms with Gasteiger partial charge in [-0.15, -0.1) is 11.3 Å². The number of rotatable bonds is 2. The highest BCUT2D eigenvalue weighted by Gasteiger charge is 2.27. The Morgan fingerprint density at radius 3 is 2.82 bits per heavy atom. The summed E-state index contributed by atoms with van der Waals surface area (Å²) >= 11 is 1.41. The second kappa shape index (κ2) is 5.08. The lowest BCUT2D eigenvalue weighted by molar-refractivity contribution is 0.0904. The van der Waals surface area contributed by atoms with E-state index in [1.165, 1.54) is 24.2 Å². The van der Waals surface area contributed by atoms with Crippen LogP contribution < -0.4 is 11.1 Å². The minimum absolute atomic E-state index is 0.0103. The van der Waals surface area contributed by atoms with Crippen LogP contribution in [-0.2, 0) is 0 Å². The quantitative estimate of drug-likeness (QED) is 0.850. The molecule has 0 aromatic carbocycles. The lowest BCUT2D eigenvalue weighted by Gasteiger charge is -2.33. The summed E-state index contributed by atoms with van der Waals surface area (Å²) in [6, 6.07) is 2.09. The van der Waals surface area contributed by atoms with E-state index < -0.39 is 0 Å². The molecule has 0 spiro atoms. The zero-order chi connectivity index (χ0) is 12.4. The van der Waals surface area contributed by atoms with Crippen molar-refractivity contribution >= 4 is 22.9 Å². The first-order chi connectivity index (χ1) is 8.08. The zero-order valence-corrected chi connectivity index (χ0v) is 11.2. The summed E-state index contributed by atoms with van der Waals surface area (Å²) in [5, 5.41) is 4.98. The largest absolute Gasteiger partial charge is 0.397 e. The van der Waals surface area contributed by atoms with Crippen LogP contribution in [0.3, 0.4) is 0 Å². The van der Waals surface area contributed by atoms with Crippen molar-refractivity contribution in [3.05, 3.63) is 16.3 Å². The van der Waals surface area contributed by atoms with Crippen molar-refractivity contribution in [2.75, 3.05) is 5.73 Å². The van der Waals surface area contributed by atoms with Crippen LogP contribution in [0.5, 0.6) is 0 Å². The minimum atomic E-state index is -0.0103. The molecule has 0 saturated heterocycles. The van der Waals surface area contributed by atoms with Gasteiger partial charge in [0.2, 0.25) is 0 Å². The molecule has 17 heavy (non-hydrogen) atoms. The highest BCUT2D eigenvalue weighted by Crippen LogP contribution is 2.29. The van der Waals surface area contributed by atoms with Gasteiger partial charge in [-0.1, -0.05) is 13.8 Å². The van der Waals surface area contributed by atoms with E-state index in [1.807, 2.05) is 5.38 Å². The third-order valence-corrected chi connectivity index (χ3v) is 4.58. The highest BCUT2D eigenvalue weighted by atomic mass is 32.1. The topological polar surface area (TPSA) is 55.1 Å². The average molecular weight is 252 g/mol. The lowest BCUT2D eigenvalue weighted by Crippen LogP contribution is -2.42. The molecule has 1 aliphatic rings. The van der Waals surface area contributed by atoms with Crippen LogP contribution >= 0.6 is 11.3 Å². The second-order valence-corrected chi connectivity index (χ2v) is 6.10. The van der Waals surface area contributed by atoms with Crippen LogP contribution in [0.4, 0.5) is 5.69 Å². The summed E-state index contributed by atoms with van der Waals surface area (Å²) in [5.41, 5.74) is 6.34. The van der Waals surface area contributed by atoms with E-state index in [4.69, 9.17) is 5.73 Å². The first-order valence-electron chi connectivity index (χ1n) is 6.21. The molecular formula is C13H20N2OS. The monoisotopic (exact) mass is 252 g/mol. The third kappa shape index (κ3) is 2.80. The molecule has 1 saturated carbocycles. The first-order valence-corrected chi connectivity index (χ1v) is 7.09. The molecule has 1 heterocycles. The standard InChI is InChI=1S/C13H20N2OS/c1-8-3-4-11(9(2)7-8)15-13(16)12-10(14)5-6-17-12/h5-6,8-9,11H,3-4,7,14H2,1-2H3,(H,15,16). The van der Waals surface area contributed by atoms with E-state index in [1.54, 1.807) is 6.07 Å². The van der Waals surface area contributed by atoms with Gasteiger partial charge in [0.05, 0.1) is 5.69 Å². The van der Waals surface area contributed by atoms with E-state index in [0.29, 0.717) is 22.5 Å². The third-order valence-electron chi connectivity index (χ3n) is 3.65. The molecule has 0 aliphatic heterocycles. The first kappa shape index (κ1) is 12.4. The average Bonchev–Trinajstić information content (AvgIpc) is 2.68. The number of nitrogens with one attached hydrogen (secondary N) is 1. The number of nitrogens with two attached hydrogens (primary N) is 1. The fraction of sp³-hybridized carbons (Fsp3) is 0.615. The Morgan fingerprint density at radius 2 is 2.24 bits per heavy atom. The molecule has 0 bridgehead atoms. The van der Waals surface area contributed by atoms with Gasteiger partial charge in [-0.25, -0.2) is 0 Å². The maximum Gasteiger partial charge on any atom is 0.263 e. The van der Waals surface area contributed by atoms with Crippen LogP contribution in [0.15, 0.2) is 11.4 Å². The molecule has 1 aromatic rings. The number of nitrogen functional groups attached to an aromatic ring is 1. The maximum absolute atomic E-state index is 12.0. The van der Waals surface area contributed by atoms with Gasteiger partial charge in [-0.3, -0.25) is 4.79 Å². The Hall–Kier alpha value is -1.03. The van der Waals surface area contributed by atoms with Crippen molar-refractivity contribution in [1.82, 2.24) is 5.32 Å². The lowest BCUT2D eigenvalue weighted by atomic mass is 9.80. The summed E-state index contributed by atoms with van der Waals surface area (Å²) in [6.45, 7) is 4.50. The highest BCUT2D eigenvalue weighted by molar-refractivity contribution is 7.12. The molecule has 0 radical (unpaired) electrons. The molecule has 1 fully saturated rings. The SMILES string of the molecule is CC1CCC(NC(=O)c2sccc2N)C(C)C1. The van der Waals surface area contributed by atoms with E-state index in [-0.39, 0.29) is 5.91 Å². The normalized spacial score (nSPS) is 28.9. The smallest absolute Gasteiger partial charge is 0.263 e. The Bertz CT molecular complexity index is 402. The molecule has 94 valence electrons. The second-order valence-electron chi connectivity index (χ2n) is 5.18. The van der Waals surface area contributed by atoms with E-state index in [2.05, 4.69) is 19.2 Å². The molecule has 1 amide bonds. The Kier molecular flexibility index (Phi) is 3.72. The van der Waals surface area contributed by atoms with Crippen LogP contribution in [0.2, 0.25) is 0 Å². The van der Waals surface area contributed by atoms with Crippen LogP contribution in [0.25, 0.3) is 0 Å². The van der Waals surface area contributed by atoms with Gasteiger partial charge in [0.25, 0.3) is 5.91 Å². The Morgan fingerprint density at radius 1 is 1.47 bits per heavy atom. The molecule has 3 nitrogen and oxygen atoms in total. The van der Waals surface area contributed by atoms with Crippen LogP contribution in [0, 0.1) is 11.8 Å². The van der Waals surface area contributed by atoms with Crippen molar-refractivity contribution in [2.24, 2.45) is 11.8 Å². The molecule has 4 heteroatoms. The number of anilines is 1. The van der Waals surface area contributed by atoms with Gasteiger partial charge in [-0.05, 0) is 42.5 Å². The molecule has 3 unspecified atom stereocenters. The number of thiophene rings is 1. The van der Waals surface area contributed by atoms with Gasteiger partial charge >= 0.3 is 0 Å². The van der Waals surface area contributed by atoms with Crippen molar-refractivity contribution in [2.45, 2.75) is 39.2 Å². The molecular weight excluding hydrogens is 232 g/mol. The number of carbonyl (C=O) groups excluding carboxylic acids is 1. The van der Waals surface area contributed by atoms with Crippen molar-refractivity contribution in [1.29, 1.82) is 0 Å². The fourth-order valence-corrected chi connectivity index (χ4v) is 3.34. The summed E-state index contributed by atoms with van der Waals surface area (Å²) in [4.78, 5) is 12.7. The van der Waals surface area contributed by atoms with Gasteiger partial charge in [-0.2, -0.15) is 0 Å². The van der Waals surface area contributed by atoms with E-state index in [0.717, 1.165) is 12.3 Å². The van der Waals surface area contributed by atoms with Crippen LogP contribution in [-0.4, -0.2) is 11.9 Å². The molecule has 1 aliphatic carbocycles. The molecule has 1 aromatic heterocycles. The predicted octanol–water partition coefficient (Wildman–Crippen LogP) is 2.88.